The second kappa shape index (κ2) is 11.9. The molecule has 0 radical (unpaired) electrons. The molecule has 10 nitrogen and oxygen atoms in total. The molecule has 1 saturated carbocycles. The monoisotopic (exact) mass is 620 g/mol. The second-order valence-electron chi connectivity index (χ2n) is 10.9. The van der Waals surface area contributed by atoms with Crippen molar-refractivity contribution in [3.05, 3.63) is 60.3 Å². The van der Waals surface area contributed by atoms with Crippen LogP contribution in [0.25, 0.3) is 10.9 Å². The number of para-hydroxylation sites is 1. The summed E-state index contributed by atoms with van der Waals surface area (Å²) in [6.07, 6.45) is -0.792. The number of carboxylic acid groups (broad SMARTS) is 1. The molecule has 2 fully saturated rings. The first kappa shape index (κ1) is 30.4. The Morgan fingerprint density at radius 3 is 2.51 bits per heavy atom. The zero-order chi connectivity index (χ0) is 30.9. The Morgan fingerprint density at radius 1 is 1.09 bits per heavy atom. The minimum absolute atomic E-state index is 0.0151. The van der Waals surface area contributed by atoms with Crippen LogP contribution in [0.5, 0.6) is 5.75 Å². The van der Waals surface area contributed by atoms with Crippen LogP contribution in [0.2, 0.25) is 0 Å². The normalized spacial score (nSPS) is 18.9. The zero-order valence-corrected chi connectivity index (χ0v) is 24.1. The van der Waals surface area contributed by atoms with Crippen LogP contribution < -0.4 is 9.46 Å². The number of nitrogens with one attached hydrogen (secondary N) is 1. The molecule has 5 rings (SSSR count). The summed E-state index contributed by atoms with van der Waals surface area (Å²) in [5.74, 6) is -1.22. The number of sulfonamides is 1. The van der Waals surface area contributed by atoms with Crippen LogP contribution in [0.15, 0.2) is 59.6 Å². The average molecular weight is 621 g/mol. The number of pyridine rings is 1. The van der Waals surface area contributed by atoms with Crippen molar-refractivity contribution >= 4 is 38.6 Å². The van der Waals surface area contributed by atoms with E-state index in [2.05, 4.69) is 14.4 Å². The van der Waals surface area contributed by atoms with Crippen LogP contribution in [-0.4, -0.2) is 72.3 Å². The molecule has 1 aliphatic heterocycles. The Kier molecular flexibility index (Phi) is 8.41. The Bertz CT molecular complexity index is 1620. The summed E-state index contributed by atoms with van der Waals surface area (Å²) in [7, 11) is -4.43. The van der Waals surface area contributed by atoms with Gasteiger partial charge in [-0.15, -0.1) is 13.2 Å². The molecule has 2 aliphatic rings. The van der Waals surface area contributed by atoms with Crippen molar-refractivity contribution < 1.29 is 41.0 Å². The summed E-state index contributed by atoms with van der Waals surface area (Å²) >= 11 is 0. The third kappa shape index (κ3) is 6.63. The highest BCUT2D eigenvalue weighted by molar-refractivity contribution is 7.93. The van der Waals surface area contributed by atoms with Crippen LogP contribution in [0.4, 0.5) is 23.7 Å². The van der Waals surface area contributed by atoms with Crippen LogP contribution >= 0.6 is 0 Å². The number of ether oxygens (including phenoxy) is 1. The van der Waals surface area contributed by atoms with Gasteiger partial charge in [0.2, 0.25) is 0 Å². The lowest BCUT2D eigenvalue weighted by atomic mass is 9.84. The number of piperazine rings is 1. The van der Waals surface area contributed by atoms with E-state index in [4.69, 9.17) is 0 Å². The fraction of sp³-hybridized carbons (Fsp3) is 0.414. The Balaban J connectivity index is 1.43. The van der Waals surface area contributed by atoms with Crippen molar-refractivity contribution in [3.63, 3.8) is 0 Å². The molecule has 230 valence electrons. The predicted molar refractivity (Wildman–Crippen MR) is 151 cm³/mol. The SMILES string of the molecule is CC(C1CCCC1)C1CN(C(=O)c2ccc(NS(=O)(=O)c3cccc4cccnc34)c(OC(F)(F)F)c2)CCN1C(=O)O. The highest BCUT2D eigenvalue weighted by Gasteiger charge is 2.40. The summed E-state index contributed by atoms with van der Waals surface area (Å²) < 4.78 is 73.1. The van der Waals surface area contributed by atoms with Crippen LogP contribution in [0, 0.1) is 11.8 Å². The molecule has 43 heavy (non-hydrogen) atoms. The number of aromatic nitrogens is 1. The summed E-state index contributed by atoms with van der Waals surface area (Å²) in [4.78, 5) is 32.1. The Morgan fingerprint density at radius 2 is 1.81 bits per heavy atom. The van der Waals surface area contributed by atoms with Gasteiger partial charge in [-0.05, 0) is 42.2 Å². The molecule has 2 aromatic carbocycles. The van der Waals surface area contributed by atoms with E-state index in [0.717, 1.165) is 37.8 Å². The van der Waals surface area contributed by atoms with Crippen LogP contribution in [0.1, 0.15) is 43.0 Å². The maximum atomic E-state index is 13.5. The number of amides is 2. The Hall–Kier alpha value is -4.07. The fourth-order valence-corrected chi connectivity index (χ4v) is 7.35. The Labute approximate surface area is 246 Å². The maximum absolute atomic E-state index is 13.5. The number of benzene rings is 2. The molecule has 1 saturated heterocycles. The number of carbonyl (C=O) groups is 2. The van der Waals surface area contributed by atoms with Crippen LogP contribution in [0.3, 0.4) is 0 Å². The number of hydrogen-bond acceptors (Lipinski definition) is 6. The second-order valence-corrected chi connectivity index (χ2v) is 12.5. The third-order valence-corrected chi connectivity index (χ3v) is 9.68. The van der Waals surface area contributed by atoms with Crippen molar-refractivity contribution in [2.45, 2.75) is 49.9 Å². The van der Waals surface area contributed by atoms with Gasteiger partial charge in [-0.3, -0.25) is 14.5 Å². The number of nitrogens with zero attached hydrogens (tertiary/aromatic N) is 3. The summed E-state index contributed by atoms with van der Waals surface area (Å²) in [5.41, 5.74) is -0.556. The molecule has 1 aromatic heterocycles. The predicted octanol–water partition coefficient (Wildman–Crippen LogP) is 5.56. The van der Waals surface area contributed by atoms with Crippen molar-refractivity contribution in [3.8, 4) is 5.75 Å². The van der Waals surface area contributed by atoms with Gasteiger partial charge in [-0.1, -0.05) is 50.8 Å². The van der Waals surface area contributed by atoms with E-state index in [1.807, 2.05) is 6.92 Å². The first-order valence-electron chi connectivity index (χ1n) is 13.9. The molecule has 0 bridgehead atoms. The van der Waals surface area contributed by atoms with Gasteiger partial charge in [-0.2, -0.15) is 0 Å². The van der Waals surface area contributed by atoms with E-state index in [-0.39, 0.29) is 41.5 Å². The number of halogens is 3. The minimum Gasteiger partial charge on any atom is -0.465 e. The summed E-state index contributed by atoms with van der Waals surface area (Å²) in [6.45, 7) is 2.18. The van der Waals surface area contributed by atoms with Gasteiger partial charge in [0, 0.05) is 36.8 Å². The molecule has 1 aliphatic carbocycles. The van der Waals surface area contributed by atoms with Gasteiger partial charge in [0.05, 0.1) is 17.2 Å². The number of anilines is 1. The van der Waals surface area contributed by atoms with Gasteiger partial charge in [0.25, 0.3) is 15.9 Å². The number of hydrogen-bond donors (Lipinski definition) is 2. The summed E-state index contributed by atoms with van der Waals surface area (Å²) in [6, 6.07) is 10.3. The van der Waals surface area contributed by atoms with Crippen LogP contribution in [-0.2, 0) is 10.0 Å². The topological polar surface area (TPSA) is 129 Å². The van der Waals surface area contributed by atoms with E-state index in [1.54, 1.807) is 18.2 Å². The number of fused-ring (bicyclic) bond motifs is 1. The number of alkyl halides is 3. The molecule has 2 unspecified atom stereocenters. The maximum Gasteiger partial charge on any atom is 0.573 e. The lowest BCUT2D eigenvalue weighted by Crippen LogP contribution is -2.59. The van der Waals surface area contributed by atoms with Crippen molar-refractivity contribution in [2.24, 2.45) is 11.8 Å². The summed E-state index contributed by atoms with van der Waals surface area (Å²) in [5, 5.41) is 10.3. The molecular weight excluding hydrogens is 589 g/mol. The largest absolute Gasteiger partial charge is 0.573 e. The zero-order valence-electron chi connectivity index (χ0n) is 23.3. The van der Waals surface area contributed by atoms with Crippen molar-refractivity contribution in [2.75, 3.05) is 24.4 Å². The lowest BCUT2D eigenvalue weighted by Gasteiger charge is -2.44. The van der Waals surface area contributed by atoms with Crippen molar-refractivity contribution in [1.29, 1.82) is 0 Å². The van der Waals surface area contributed by atoms with E-state index in [0.29, 0.717) is 11.3 Å². The highest BCUT2D eigenvalue weighted by Crippen LogP contribution is 2.37. The molecule has 2 N–H and O–H groups in total. The van der Waals surface area contributed by atoms with Gasteiger partial charge < -0.3 is 19.6 Å². The van der Waals surface area contributed by atoms with E-state index >= 15 is 0 Å². The molecule has 3 aromatic rings. The molecule has 2 amide bonds. The average Bonchev–Trinajstić information content (AvgIpc) is 3.51. The molecule has 0 spiro atoms. The molecule has 14 heteroatoms. The first-order valence-corrected chi connectivity index (χ1v) is 15.4. The first-order chi connectivity index (χ1) is 20.3. The van der Waals surface area contributed by atoms with Gasteiger partial charge in [0.15, 0.2) is 5.75 Å². The number of rotatable bonds is 7. The highest BCUT2D eigenvalue weighted by atomic mass is 32.2. The molecular formula is C29H31F3N4O6S. The van der Waals surface area contributed by atoms with E-state index in [9.17, 15) is 36.3 Å². The third-order valence-electron chi connectivity index (χ3n) is 8.29. The van der Waals surface area contributed by atoms with Gasteiger partial charge >= 0.3 is 12.5 Å². The van der Waals surface area contributed by atoms with E-state index < -0.39 is 45.9 Å². The molecule has 2 heterocycles. The standard InChI is InChI=1S/C29H31F3N4O6S/c1-18(19-6-2-3-7-19)23-17-35(14-15-36(23)28(38)39)27(37)21-11-12-22(24(16-21)42-29(30,31)32)34-43(40,41)25-10-4-8-20-9-5-13-33-26(20)25/h4-5,8-13,16,18-19,23,34H,2-3,6-7,14-15,17H2,1H3,(H,38,39). The smallest absolute Gasteiger partial charge is 0.465 e. The lowest BCUT2D eigenvalue weighted by molar-refractivity contribution is -0.274. The molecule has 2 atom stereocenters. The van der Waals surface area contributed by atoms with Gasteiger partial charge in [0.1, 0.15) is 4.90 Å². The number of carbonyl (C=O) groups excluding carboxylic acids is 1. The quantitative estimate of drug-likeness (QED) is 0.354. The fourth-order valence-electron chi connectivity index (χ4n) is 6.10. The van der Waals surface area contributed by atoms with Gasteiger partial charge in [-0.25, -0.2) is 13.2 Å². The minimum atomic E-state index is -5.18. The van der Waals surface area contributed by atoms with Crippen molar-refractivity contribution in [1.82, 2.24) is 14.8 Å². The van der Waals surface area contributed by atoms with E-state index in [1.165, 1.54) is 34.2 Å².